The van der Waals surface area contributed by atoms with Crippen molar-refractivity contribution < 1.29 is 19.1 Å². The molecule has 0 rings (SSSR count). The lowest BCUT2D eigenvalue weighted by Crippen LogP contribution is -2.21. The van der Waals surface area contributed by atoms with Crippen molar-refractivity contribution in [2.24, 2.45) is 11.8 Å². The van der Waals surface area contributed by atoms with Crippen LogP contribution in [0, 0.1) is 11.8 Å². The van der Waals surface area contributed by atoms with Crippen molar-refractivity contribution >= 4 is 11.9 Å². The zero-order valence-electron chi connectivity index (χ0n) is 13.4. The highest BCUT2D eigenvalue weighted by Crippen LogP contribution is 2.19. The molecule has 0 amide bonds. The molecule has 1 unspecified atom stereocenters. The van der Waals surface area contributed by atoms with Gasteiger partial charge in [-0.25, -0.2) is 9.59 Å². The number of allylic oxidation sites excluding steroid dienone is 1. The Morgan fingerprint density at radius 3 is 1.70 bits per heavy atom. The smallest absolute Gasteiger partial charge is 0.345 e. The average Bonchev–Trinajstić information content (AvgIpc) is 2.42. The van der Waals surface area contributed by atoms with Crippen LogP contribution in [0.2, 0.25) is 0 Å². The fraction of sp³-hybridized carbons (Fsp3) is 0.750. The molecule has 0 spiro atoms. The fourth-order valence-electron chi connectivity index (χ4n) is 1.76. The summed E-state index contributed by atoms with van der Waals surface area (Å²) in [5, 5.41) is 0. The number of esters is 2. The predicted octanol–water partition coefficient (Wildman–Crippen LogP) is 3.50. The van der Waals surface area contributed by atoms with Crippen LogP contribution in [0.1, 0.15) is 53.9 Å². The third-order valence-electron chi connectivity index (χ3n) is 3.02. The van der Waals surface area contributed by atoms with Crippen LogP contribution in [0.15, 0.2) is 11.6 Å². The van der Waals surface area contributed by atoms with Gasteiger partial charge in [-0.1, -0.05) is 40.7 Å². The molecule has 0 bridgehead atoms. The highest BCUT2D eigenvalue weighted by atomic mass is 16.6. The number of rotatable bonds is 9. The first kappa shape index (κ1) is 18.7. The predicted molar refractivity (Wildman–Crippen MR) is 79.2 cm³/mol. The summed E-state index contributed by atoms with van der Waals surface area (Å²) in [6.07, 6.45) is 4.03. The molecule has 0 aliphatic heterocycles. The molecule has 0 N–H and O–H groups in total. The molecule has 4 nitrogen and oxygen atoms in total. The lowest BCUT2D eigenvalue weighted by atomic mass is 9.91. The van der Waals surface area contributed by atoms with Crippen LogP contribution in [0.4, 0.5) is 0 Å². The number of hydrogen-bond donors (Lipinski definition) is 0. The molecular weight excluding hydrogens is 256 g/mol. The van der Waals surface area contributed by atoms with Gasteiger partial charge in [0.15, 0.2) is 0 Å². The molecule has 4 heteroatoms. The van der Waals surface area contributed by atoms with Gasteiger partial charge in [0.05, 0.1) is 13.2 Å². The zero-order valence-corrected chi connectivity index (χ0v) is 13.4. The normalized spacial score (nSPS) is 11.9. The van der Waals surface area contributed by atoms with Crippen molar-refractivity contribution in [2.75, 3.05) is 13.2 Å². The molecule has 0 saturated carbocycles. The second kappa shape index (κ2) is 10.5. The average molecular weight is 284 g/mol. The maximum absolute atomic E-state index is 12.0. The highest BCUT2D eigenvalue weighted by Gasteiger charge is 2.23. The van der Waals surface area contributed by atoms with E-state index in [9.17, 15) is 9.59 Å². The van der Waals surface area contributed by atoms with E-state index >= 15 is 0 Å². The molecule has 0 aliphatic rings. The van der Waals surface area contributed by atoms with Crippen LogP contribution in [0.3, 0.4) is 0 Å². The van der Waals surface area contributed by atoms with Crippen LogP contribution < -0.4 is 0 Å². The summed E-state index contributed by atoms with van der Waals surface area (Å²) in [6, 6.07) is 0. The van der Waals surface area contributed by atoms with Gasteiger partial charge in [0.2, 0.25) is 0 Å². The lowest BCUT2D eigenvalue weighted by Gasteiger charge is -2.16. The van der Waals surface area contributed by atoms with Crippen molar-refractivity contribution in [3.63, 3.8) is 0 Å². The minimum Gasteiger partial charge on any atom is -0.462 e. The second-order valence-electron chi connectivity index (χ2n) is 5.17. The largest absolute Gasteiger partial charge is 0.462 e. The van der Waals surface area contributed by atoms with Crippen molar-refractivity contribution in [3.05, 3.63) is 11.6 Å². The Morgan fingerprint density at radius 2 is 1.40 bits per heavy atom. The Morgan fingerprint density at radius 1 is 0.950 bits per heavy atom. The van der Waals surface area contributed by atoms with Crippen LogP contribution in [0.25, 0.3) is 0 Å². The summed E-state index contributed by atoms with van der Waals surface area (Å²) in [4.78, 5) is 24.0. The van der Waals surface area contributed by atoms with Gasteiger partial charge in [0.1, 0.15) is 5.57 Å². The molecule has 0 fully saturated rings. The zero-order chi connectivity index (χ0) is 15.5. The van der Waals surface area contributed by atoms with Gasteiger partial charge < -0.3 is 9.47 Å². The molecule has 116 valence electrons. The van der Waals surface area contributed by atoms with Gasteiger partial charge in [0, 0.05) is 0 Å². The van der Waals surface area contributed by atoms with E-state index in [0.29, 0.717) is 19.1 Å². The first-order valence-corrected chi connectivity index (χ1v) is 7.53. The van der Waals surface area contributed by atoms with Crippen LogP contribution in [-0.2, 0) is 19.1 Å². The lowest BCUT2D eigenvalue weighted by molar-refractivity contribution is -0.147. The van der Waals surface area contributed by atoms with E-state index < -0.39 is 11.9 Å². The number of carbonyl (C=O) groups is 2. The first-order valence-electron chi connectivity index (χ1n) is 7.53. The van der Waals surface area contributed by atoms with Crippen molar-refractivity contribution in [2.45, 2.75) is 53.9 Å². The Balaban J connectivity index is 5.07. The molecule has 0 saturated heterocycles. The van der Waals surface area contributed by atoms with E-state index in [1.165, 1.54) is 0 Å². The first-order chi connectivity index (χ1) is 9.47. The van der Waals surface area contributed by atoms with E-state index in [4.69, 9.17) is 9.47 Å². The Kier molecular flexibility index (Phi) is 9.77. The molecule has 0 aliphatic carbocycles. The summed E-state index contributed by atoms with van der Waals surface area (Å²) < 4.78 is 10.1. The number of hydrogen-bond acceptors (Lipinski definition) is 4. The molecule has 0 aromatic heterocycles. The van der Waals surface area contributed by atoms with E-state index in [1.807, 2.05) is 20.8 Å². The van der Waals surface area contributed by atoms with Gasteiger partial charge in [-0.3, -0.25) is 0 Å². The minimum absolute atomic E-state index is 0.0347. The Hall–Kier alpha value is -1.32. The van der Waals surface area contributed by atoms with Gasteiger partial charge in [-0.2, -0.15) is 0 Å². The number of carbonyl (C=O) groups excluding carboxylic acids is 2. The maximum atomic E-state index is 12.0. The maximum Gasteiger partial charge on any atom is 0.345 e. The summed E-state index contributed by atoms with van der Waals surface area (Å²) in [7, 11) is 0. The van der Waals surface area contributed by atoms with Gasteiger partial charge in [-0.05, 0) is 31.1 Å². The third kappa shape index (κ3) is 6.73. The summed E-state index contributed by atoms with van der Waals surface area (Å²) >= 11 is 0. The Labute approximate surface area is 122 Å². The summed E-state index contributed by atoms with van der Waals surface area (Å²) in [5.74, 6) is -0.639. The Bertz CT molecular complexity index is 309. The standard InChI is InChI=1S/C16H28O4/c1-6-9-19-15(17)14(16(18)20-10-7-2)11-13(8-3)12(4)5/h11-13H,6-10H2,1-5H3. The fourth-order valence-corrected chi connectivity index (χ4v) is 1.76. The van der Waals surface area contributed by atoms with E-state index in [-0.39, 0.29) is 11.5 Å². The molecular formula is C16H28O4. The summed E-state index contributed by atoms with van der Waals surface area (Å²) in [6.45, 7) is 10.6. The molecule has 0 aromatic rings. The van der Waals surface area contributed by atoms with Gasteiger partial charge in [0.25, 0.3) is 0 Å². The quantitative estimate of drug-likeness (QED) is 0.281. The number of ether oxygens (including phenoxy) is 2. The molecule has 0 heterocycles. The molecule has 1 atom stereocenters. The van der Waals surface area contributed by atoms with Crippen molar-refractivity contribution in [1.29, 1.82) is 0 Å². The van der Waals surface area contributed by atoms with E-state index in [0.717, 1.165) is 19.3 Å². The van der Waals surface area contributed by atoms with Crippen LogP contribution >= 0.6 is 0 Å². The van der Waals surface area contributed by atoms with Crippen molar-refractivity contribution in [1.82, 2.24) is 0 Å². The van der Waals surface area contributed by atoms with Crippen LogP contribution in [0.5, 0.6) is 0 Å². The van der Waals surface area contributed by atoms with E-state index in [1.54, 1.807) is 6.08 Å². The van der Waals surface area contributed by atoms with Gasteiger partial charge in [-0.15, -0.1) is 0 Å². The van der Waals surface area contributed by atoms with E-state index in [2.05, 4.69) is 13.8 Å². The van der Waals surface area contributed by atoms with Gasteiger partial charge >= 0.3 is 11.9 Å². The SMILES string of the molecule is CCCOC(=O)C(=CC(CC)C(C)C)C(=O)OCCC. The van der Waals surface area contributed by atoms with Crippen LogP contribution in [-0.4, -0.2) is 25.2 Å². The topological polar surface area (TPSA) is 52.6 Å². The van der Waals surface area contributed by atoms with Crippen molar-refractivity contribution in [3.8, 4) is 0 Å². The molecule has 0 aromatic carbocycles. The molecule has 20 heavy (non-hydrogen) atoms. The monoisotopic (exact) mass is 284 g/mol. The second-order valence-corrected chi connectivity index (χ2v) is 5.17. The minimum atomic E-state index is -0.577. The summed E-state index contributed by atoms with van der Waals surface area (Å²) in [5.41, 5.74) is 0.0347. The highest BCUT2D eigenvalue weighted by molar-refractivity contribution is 6.14. The molecule has 0 radical (unpaired) electrons. The third-order valence-corrected chi connectivity index (χ3v) is 3.02.